The summed E-state index contributed by atoms with van der Waals surface area (Å²) in [7, 11) is 0. The first-order valence-corrected chi connectivity index (χ1v) is 5.85. The van der Waals surface area contributed by atoms with Crippen LogP contribution in [0.5, 0.6) is 5.75 Å². The summed E-state index contributed by atoms with van der Waals surface area (Å²) < 4.78 is 6.39. The SMILES string of the molecule is CCOc1cccc(-c2nc[c]cc2Br)c1. The van der Waals surface area contributed by atoms with Crippen LogP contribution in [0.2, 0.25) is 0 Å². The van der Waals surface area contributed by atoms with Gasteiger partial charge in [0.25, 0.3) is 0 Å². The van der Waals surface area contributed by atoms with E-state index in [0.29, 0.717) is 6.61 Å². The predicted octanol–water partition coefficient (Wildman–Crippen LogP) is 3.71. The van der Waals surface area contributed by atoms with Crippen LogP contribution in [0.25, 0.3) is 11.3 Å². The largest absolute Gasteiger partial charge is 0.494 e. The van der Waals surface area contributed by atoms with Gasteiger partial charge in [0, 0.05) is 22.3 Å². The van der Waals surface area contributed by atoms with Crippen LogP contribution in [0.1, 0.15) is 6.92 Å². The van der Waals surface area contributed by atoms with E-state index in [1.54, 1.807) is 6.20 Å². The van der Waals surface area contributed by atoms with Crippen LogP contribution >= 0.6 is 15.9 Å². The topological polar surface area (TPSA) is 22.1 Å². The maximum absolute atomic E-state index is 5.46. The van der Waals surface area contributed by atoms with Crippen LogP contribution in [0, 0.1) is 6.07 Å². The molecule has 2 aromatic rings. The van der Waals surface area contributed by atoms with Crippen LogP contribution in [0.3, 0.4) is 0 Å². The summed E-state index contributed by atoms with van der Waals surface area (Å²) in [5, 5.41) is 0. The molecule has 16 heavy (non-hydrogen) atoms. The number of halogens is 1. The fraction of sp³-hybridized carbons (Fsp3) is 0.154. The molecule has 1 aromatic carbocycles. The minimum Gasteiger partial charge on any atom is -0.494 e. The van der Waals surface area contributed by atoms with Gasteiger partial charge in [0.1, 0.15) is 5.75 Å². The Labute approximate surface area is 103 Å². The normalized spacial score (nSPS) is 10.1. The molecule has 3 heteroatoms. The second-order valence-electron chi connectivity index (χ2n) is 3.23. The van der Waals surface area contributed by atoms with E-state index in [2.05, 4.69) is 27.0 Å². The lowest BCUT2D eigenvalue weighted by Crippen LogP contribution is -1.92. The molecule has 0 amide bonds. The quantitative estimate of drug-likeness (QED) is 0.853. The first-order valence-electron chi connectivity index (χ1n) is 5.06. The van der Waals surface area contributed by atoms with Crippen LogP contribution in [0.15, 0.2) is 41.0 Å². The fourth-order valence-corrected chi connectivity index (χ4v) is 1.92. The van der Waals surface area contributed by atoms with Crippen LogP contribution < -0.4 is 4.74 Å². The molecule has 2 nitrogen and oxygen atoms in total. The first kappa shape index (κ1) is 11.1. The molecule has 1 radical (unpaired) electrons. The Morgan fingerprint density at radius 1 is 1.44 bits per heavy atom. The monoisotopic (exact) mass is 276 g/mol. The van der Waals surface area contributed by atoms with Crippen molar-refractivity contribution in [3.8, 4) is 17.0 Å². The average molecular weight is 277 g/mol. The smallest absolute Gasteiger partial charge is 0.119 e. The van der Waals surface area contributed by atoms with Crippen molar-refractivity contribution < 1.29 is 4.74 Å². The van der Waals surface area contributed by atoms with E-state index in [4.69, 9.17) is 4.74 Å². The molecule has 0 aliphatic rings. The second-order valence-corrected chi connectivity index (χ2v) is 4.08. The number of pyridine rings is 1. The molecule has 0 saturated heterocycles. The zero-order valence-electron chi connectivity index (χ0n) is 8.90. The number of aromatic nitrogens is 1. The van der Waals surface area contributed by atoms with E-state index in [1.165, 1.54) is 0 Å². The van der Waals surface area contributed by atoms with E-state index in [-0.39, 0.29) is 0 Å². The molecule has 1 aromatic heterocycles. The molecule has 0 bridgehead atoms. The molecule has 0 saturated carbocycles. The van der Waals surface area contributed by atoms with Gasteiger partial charge in [-0.3, -0.25) is 4.98 Å². The Morgan fingerprint density at radius 3 is 3.06 bits per heavy atom. The summed E-state index contributed by atoms with van der Waals surface area (Å²) in [6, 6.07) is 12.7. The number of benzene rings is 1. The first-order chi connectivity index (χ1) is 7.81. The van der Waals surface area contributed by atoms with E-state index in [0.717, 1.165) is 21.5 Å². The van der Waals surface area contributed by atoms with Gasteiger partial charge in [0.15, 0.2) is 0 Å². The highest BCUT2D eigenvalue weighted by Gasteiger charge is 2.04. The molecule has 0 unspecified atom stereocenters. The van der Waals surface area contributed by atoms with Crippen molar-refractivity contribution in [3.05, 3.63) is 47.1 Å². The summed E-state index contributed by atoms with van der Waals surface area (Å²) in [6.45, 7) is 2.64. The summed E-state index contributed by atoms with van der Waals surface area (Å²) >= 11 is 3.46. The fourth-order valence-electron chi connectivity index (χ4n) is 1.45. The molecule has 81 valence electrons. The van der Waals surface area contributed by atoms with Crippen LogP contribution in [-0.4, -0.2) is 11.6 Å². The molecular weight excluding hydrogens is 266 g/mol. The van der Waals surface area contributed by atoms with Gasteiger partial charge < -0.3 is 4.74 Å². The van der Waals surface area contributed by atoms with Gasteiger partial charge in [0.2, 0.25) is 0 Å². The third-order valence-electron chi connectivity index (χ3n) is 2.12. The molecule has 0 fully saturated rings. The number of rotatable bonds is 3. The third kappa shape index (κ3) is 2.42. The second kappa shape index (κ2) is 5.12. The summed E-state index contributed by atoms with van der Waals surface area (Å²) in [4.78, 5) is 4.29. The molecular formula is C13H11BrNO. The lowest BCUT2D eigenvalue weighted by atomic mass is 10.1. The standard InChI is InChI=1S/C13H11BrNO/c1-2-16-11-6-3-5-10(9-11)13-12(14)7-4-8-15-13/h3,5-9H,2H2,1H3. The molecule has 0 atom stereocenters. The summed E-state index contributed by atoms with van der Waals surface area (Å²) in [5.41, 5.74) is 1.94. The van der Waals surface area contributed by atoms with Crippen molar-refractivity contribution in [2.45, 2.75) is 6.92 Å². The molecule has 0 spiro atoms. The minimum absolute atomic E-state index is 0.667. The van der Waals surface area contributed by atoms with Crippen molar-refractivity contribution >= 4 is 15.9 Å². The van der Waals surface area contributed by atoms with Crippen LogP contribution in [0.4, 0.5) is 0 Å². The maximum Gasteiger partial charge on any atom is 0.119 e. The van der Waals surface area contributed by atoms with E-state index in [1.807, 2.05) is 37.3 Å². The zero-order valence-corrected chi connectivity index (χ0v) is 10.5. The zero-order chi connectivity index (χ0) is 11.4. The molecule has 0 aliphatic carbocycles. The highest BCUT2D eigenvalue weighted by molar-refractivity contribution is 9.10. The highest BCUT2D eigenvalue weighted by Crippen LogP contribution is 2.27. The number of ether oxygens (including phenoxy) is 1. The van der Waals surface area contributed by atoms with E-state index < -0.39 is 0 Å². The van der Waals surface area contributed by atoms with Crippen molar-refractivity contribution in [3.63, 3.8) is 0 Å². The molecule has 0 N–H and O–H groups in total. The van der Waals surface area contributed by atoms with Crippen molar-refractivity contribution in [1.82, 2.24) is 4.98 Å². The van der Waals surface area contributed by atoms with Gasteiger partial charge in [-0.05, 0) is 41.1 Å². The van der Waals surface area contributed by atoms with E-state index >= 15 is 0 Å². The predicted molar refractivity (Wildman–Crippen MR) is 67.4 cm³/mol. The van der Waals surface area contributed by atoms with Gasteiger partial charge in [-0.1, -0.05) is 12.1 Å². The Hall–Kier alpha value is -1.35. The summed E-state index contributed by atoms with van der Waals surface area (Å²) in [5.74, 6) is 0.863. The maximum atomic E-state index is 5.46. The van der Waals surface area contributed by atoms with E-state index in [9.17, 15) is 0 Å². The third-order valence-corrected chi connectivity index (χ3v) is 2.73. The molecule has 2 rings (SSSR count). The van der Waals surface area contributed by atoms with Crippen molar-refractivity contribution in [2.75, 3.05) is 6.61 Å². The summed E-state index contributed by atoms with van der Waals surface area (Å²) in [6.07, 6.45) is 1.66. The van der Waals surface area contributed by atoms with Gasteiger partial charge >= 0.3 is 0 Å². The number of hydrogen-bond acceptors (Lipinski definition) is 2. The Kier molecular flexibility index (Phi) is 3.57. The Morgan fingerprint density at radius 2 is 2.31 bits per heavy atom. The molecule has 1 heterocycles. The lowest BCUT2D eigenvalue weighted by molar-refractivity contribution is 0.340. The Balaban J connectivity index is 2.40. The van der Waals surface area contributed by atoms with Crippen molar-refractivity contribution in [2.24, 2.45) is 0 Å². The van der Waals surface area contributed by atoms with Gasteiger partial charge in [0.05, 0.1) is 12.3 Å². The molecule has 0 aliphatic heterocycles. The highest BCUT2D eigenvalue weighted by atomic mass is 79.9. The Bertz CT molecular complexity index is 485. The lowest BCUT2D eigenvalue weighted by Gasteiger charge is -2.06. The van der Waals surface area contributed by atoms with Gasteiger partial charge in [-0.25, -0.2) is 0 Å². The average Bonchev–Trinajstić information content (AvgIpc) is 2.30. The number of hydrogen-bond donors (Lipinski definition) is 0. The van der Waals surface area contributed by atoms with Gasteiger partial charge in [-0.15, -0.1) is 0 Å². The van der Waals surface area contributed by atoms with Gasteiger partial charge in [-0.2, -0.15) is 0 Å². The number of nitrogens with zero attached hydrogens (tertiary/aromatic N) is 1. The van der Waals surface area contributed by atoms with Crippen LogP contribution in [-0.2, 0) is 0 Å². The minimum atomic E-state index is 0.667. The van der Waals surface area contributed by atoms with Crippen molar-refractivity contribution in [1.29, 1.82) is 0 Å².